The zero-order valence-corrected chi connectivity index (χ0v) is 16.7. The predicted molar refractivity (Wildman–Crippen MR) is 111 cm³/mol. The van der Waals surface area contributed by atoms with Crippen molar-refractivity contribution in [2.75, 3.05) is 17.6 Å². The average Bonchev–Trinajstić information content (AvgIpc) is 2.90. The molecule has 0 aliphatic rings. The smallest absolute Gasteiger partial charge is 0.194 e. The number of halogens is 3. The van der Waals surface area contributed by atoms with Crippen LogP contribution in [0.4, 0.5) is 10.9 Å². The van der Waals surface area contributed by atoms with Gasteiger partial charge in [-0.15, -0.1) is 48.6 Å². The highest BCUT2D eigenvalue weighted by Gasteiger charge is 2.09. The van der Waals surface area contributed by atoms with E-state index in [0.29, 0.717) is 16.9 Å². The Morgan fingerprint density at radius 1 is 1.25 bits per heavy atom. The number of aromatic nitrogens is 2. The third-order valence-electron chi connectivity index (χ3n) is 2.89. The summed E-state index contributed by atoms with van der Waals surface area (Å²) >= 11 is 1.46. The number of unbranched alkanes of at least 4 members (excludes halogenated alkanes) is 1. The Bertz CT molecular complexity index is 647. The van der Waals surface area contributed by atoms with Gasteiger partial charge in [-0.3, -0.25) is 4.99 Å². The highest BCUT2D eigenvalue weighted by Crippen LogP contribution is 2.26. The zero-order chi connectivity index (χ0) is 15.2. The monoisotopic (exact) mass is 412 g/mol. The molecule has 0 bridgehead atoms. The summed E-state index contributed by atoms with van der Waals surface area (Å²) in [6.45, 7) is 4.82. The summed E-state index contributed by atoms with van der Waals surface area (Å²) in [6.07, 6.45) is 2.12. The number of nitrogens with zero attached hydrogens (tertiary/aromatic N) is 3. The fraction of sp³-hybridized carbons (Fsp3) is 0.357. The Kier molecular flexibility index (Phi) is 12.6. The molecule has 0 spiro atoms. The lowest BCUT2D eigenvalue weighted by atomic mass is 10.2. The lowest BCUT2D eigenvalue weighted by molar-refractivity contribution is 0.807. The van der Waals surface area contributed by atoms with Crippen molar-refractivity contribution in [2.45, 2.75) is 26.7 Å². The van der Waals surface area contributed by atoms with Crippen LogP contribution < -0.4 is 16.8 Å². The molecule has 0 aliphatic carbocycles. The molecule has 5 N–H and O–H groups in total. The van der Waals surface area contributed by atoms with Crippen LogP contribution in [0.15, 0.2) is 22.5 Å². The second-order valence-corrected chi connectivity index (χ2v) is 5.54. The second-order valence-electron chi connectivity index (χ2n) is 4.69. The first-order valence-corrected chi connectivity index (χ1v) is 7.74. The Morgan fingerprint density at radius 2 is 1.96 bits per heavy atom. The molecule has 0 fully saturated rings. The van der Waals surface area contributed by atoms with Gasteiger partial charge in [0.25, 0.3) is 0 Å². The lowest BCUT2D eigenvalue weighted by Gasteiger charge is -2.03. The molecule has 0 saturated carbocycles. The number of guanidine groups is 1. The van der Waals surface area contributed by atoms with E-state index in [9.17, 15) is 0 Å². The Labute approximate surface area is 164 Å². The number of nitrogens with two attached hydrogens (primary N) is 2. The second kappa shape index (κ2) is 12.1. The molecule has 24 heavy (non-hydrogen) atoms. The quantitative estimate of drug-likeness (QED) is 0.392. The van der Waals surface area contributed by atoms with Crippen molar-refractivity contribution in [1.29, 1.82) is 0 Å². The van der Waals surface area contributed by atoms with Crippen molar-refractivity contribution in [3.05, 3.63) is 23.1 Å². The highest BCUT2D eigenvalue weighted by atomic mass is 35.5. The van der Waals surface area contributed by atoms with Gasteiger partial charge in [0.2, 0.25) is 0 Å². The number of anilines is 2. The molecule has 0 amide bonds. The van der Waals surface area contributed by atoms with Gasteiger partial charge in [-0.25, -0.2) is 9.97 Å². The number of hydrogen-bond acceptors (Lipinski definition) is 5. The summed E-state index contributed by atoms with van der Waals surface area (Å²) in [6, 6.07) is 3.72. The topological polar surface area (TPSA) is 102 Å². The molecule has 0 atom stereocenters. The SMILES string of the molecule is CCCCN=C(N)Nc1nc(-c2nc(N)ccc2C)cs1.Cl.Cl.Cl. The number of hydrogen-bond donors (Lipinski definition) is 3. The molecule has 2 aromatic heterocycles. The molecular formula is C14H23Cl3N6S. The van der Waals surface area contributed by atoms with Crippen LogP contribution in [0.5, 0.6) is 0 Å². The Morgan fingerprint density at radius 3 is 2.62 bits per heavy atom. The van der Waals surface area contributed by atoms with E-state index in [1.165, 1.54) is 11.3 Å². The maximum atomic E-state index is 5.82. The first-order chi connectivity index (χ1) is 10.1. The van der Waals surface area contributed by atoms with E-state index >= 15 is 0 Å². The van der Waals surface area contributed by atoms with Crippen LogP contribution in [0.25, 0.3) is 11.4 Å². The average molecular weight is 414 g/mol. The standard InChI is InChI=1S/C14H20N6S.3ClH/c1-3-4-7-17-13(16)20-14-18-10(8-21-14)12-9(2)5-6-11(15)19-12;;;/h5-6,8H,3-4,7H2,1-2H3,(H2,15,19)(H3,16,17,18,20);3*1H. The maximum Gasteiger partial charge on any atom is 0.194 e. The molecule has 2 aromatic rings. The number of pyridine rings is 1. The number of thiazole rings is 1. The summed E-state index contributed by atoms with van der Waals surface area (Å²) in [7, 11) is 0. The largest absolute Gasteiger partial charge is 0.384 e. The van der Waals surface area contributed by atoms with Crippen LogP contribution in [0, 0.1) is 6.92 Å². The van der Waals surface area contributed by atoms with Crippen LogP contribution in [-0.4, -0.2) is 22.5 Å². The normalized spacial score (nSPS) is 10.2. The van der Waals surface area contributed by atoms with Gasteiger partial charge in [0.05, 0.1) is 5.69 Å². The van der Waals surface area contributed by atoms with Gasteiger partial charge in [-0.2, -0.15) is 0 Å². The molecule has 0 radical (unpaired) electrons. The summed E-state index contributed by atoms with van der Waals surface area (Å²) < 4.78 is 0. The summed E-state index contributed by atoms with van der Waals surface area (Å²) in [5, 5.41) is 5.63. The van der Waals surface area contributed by atoms with E-state index < -0.39 is 0 Å². The summed E-state index contributed by atoms with van der Waals surface area (Å²) in [5.74, 6) is 0.875. The van der Waals surface area contributed by atoms with Gasteiger partial charge < -0.3 is 16.8 Å². The van der Waals surface area contributed by atoms with Crippen LogP contribution in [0.3, 0.4) is 0 Å². The van der Waals surface area contributed by atoms with Gasteiger partial charge in [0.15, 0.2) is 11.1 Å². The molecule has 0 saturated heterocycles. The highest BCUT2D eigenvalue weighted by molar-refractivity contribution is 7.14. The molecule has 6 nitrogen and oxygen atoms in total. The van der Waals surface area contributed by atoms with Crippen molar-refractivity contribution in [1.82, 2.24) is 9.97 Å². The molecule has 0 aliphatic heterocycles. The Balaban J connectivity index is 0. The molecule has 2 rings (SSSR count). The van der Waals surface area contributed by atoms with Gasteiger partial charge in [0, 0.05) is 11.9 Å². The van der Waals surface area contributed by atoms with Crippen LogP contribution in [0.1, 0.15) is 25.3 Å². The van der Waals surface area contributed by atoms with E-state index in [2.05, 4.69) is 27.2 Å². The molecule has 0 unspecified atom stereocenters. The summed E-state index contributed by atoms with van der Waals surface area (Å²) in [4.78, 5) is 13.0. The predicted octanol–water partition coefficient (Wildman–Crippen LogP) is 3.89. The van der Waals surface area contributed by atoms with E-state index in [4.69, 9.17) is 11.5 Å². The van der Waals surface area contributed by atoms with Crippen LogP contribution in [0.2, 0.25) is 0 Å². The third-order valence-corrected chi connectivity index (χ3v) is 3.65. The number of aliphatic imine (C=N–C) groups is 1. The van der Waals surface area contributed by atoms with Crippen molar-refractivity contribution >= 4 is 65.5 Å². The third kappa shape index (κ3) is 7.09. The van der Waals surface area contributed by atoms with E-state index in [-0.39, 0.29) is 37.2 Å². The van der Waals surface area contributed by atoms with Crippen molar-refractivity contribution in [3.63, 3.8) is 0 Å². The van der Waals surface area contributed by atoms with E-state index in [1.54, 1.807) is 6.07 Å². The van der Waals surface area contributed by atoms with Crippen LogP contribution >= 0.6 is 48.6 Å². The minimum absolute atomic E-state index is 0. The van der Waals surface area contributed by atoms with Crippen molar-refractivity contribution in [2.24, 2.45) is 10.7 Å². The minimum atomic E-state index is 0. The maximum absolute atomic E-state index is 5.82. The molecule has 0 aromatic carbocycles. The van der Waals surface area contributed by atoms with Crippen molar-refractivity contribution in [3.8, 4) is 11.4 Å². The molecular weight excluding hydrogens is 391 g/mol. The fourth-order valence-electron chi connectivity index (χ4n) is 1.75. The molecule has 10 heteroatoms. The number of aryl methyl sites for hydroxylation is 1. The Hall–Kier alpha value is -1.28. The van der Waals surface area contributed by atoms with Gasteiger partial charge in [0.1, 0.15) is 11.5 Å². The van der Waals surface area contributed by atoms with Crippen molar-refractivity contribution < 1.29 is 0 Å². The first-order valence-electron chi connectivity index (χ1n) is 6.86. The van der Waals surface area contributed by atoms with Gasteiger partial charge in [-0.05, 0) is 25.0 Å². The minimum Gasteiger partial charge on any atom is -0.384 e. The number of nitrogen functional groups attached to an aromatic ring is 1. The first kappa shape index (κ1) is 25.0. The molecule has 136 valence electrons. The van der Waals surface area contributed by atoms with Crippen LogP contribution in [-0.2, 0) is 0 Å². The zero-order valence-electron chi connectivity index (χ0n) is 13.5. The number of rotatable bonds is 5. The van der Waals surface area contributed by atoms with Gasteiger partial charge >= 0.3 is 0 Å². The molecule has 2 heterocycles. The van der Waals surface area contributed by atoms with E-state index in [1.807, 2.05) is 18.4 Å². The van der Waals surface area contributed by atoms with E-state index in [0.717, 1.165) is 36.3 Å². The fourth-order valence-corrected chi connectivity index (χ4v) is 2.45. The lowest BCUT2D eigenvalue weighted by Crippen LogP contribution is -2.22. The summed E-state index contributed by atoms with van der Waals surface area (Å²) in [5.41, 5.74) is 14.2. The number of nitrogens with one attached hydrogen (secondary N) is 1. The van der Waals surface area contributed by atoms with Gasteiger partial charge in [-0.1, -0.05) is 19.4 Å².